The van der Waals surface area contributed by atoms with E-state index in [1.54, 1.807) is 0 Å². The van der Waals surface area contributed by atoms with Gasteiger partial charge in [-0.3, -0.25) is 0 Å². The number of hydrogen-bond donors (Lipinski definition) is 2. The van der Waals surface area contributed by atoms with Crippen molar-refractivity contribution in [2.75, 3.05) is 13.2 Å². The highest BCUT2D eigenvalue weighted by Crippen LogP contribution is 2.40. The van der Waals surface area contributed by atoms with Crippen molar-refractivity contribution in [1.82, 2.24) is 9.67 Å². The number of fused-ring (bicyclic) bond motifs is 3. The van der Waals surface area contributed by atoms with Crippen LogP contribution >= 0.6 is 0 Å². The summed E-state index contributed by atoms with van der Waals surface area (Å²) in [4.78, 5) is 12.9. The average molecular weight is 567 g/mol. The van der Waals surface area contributed by atoms with Gasteiger partial charge in [0.1, 0.15) is 18.1 Å². The molecular formula is C35H40N3O4+. The molecule has 0 fully saturated rings. The molecule has 0 aliphatic carbocycles. The van der Waals surface area contributed by atoms with Gasteiger partial charge in [0.15, 0.2) is 7.05 Å². The maximum absolute atomic E-state index is 12.9. The van der Waals surface area contributed by atoms with Crippen LogP contribution in [-0.4, -0.2) is 34.0 Å². The van der Waals surface area contributed by atoms with Gasteiger partial charge in [-0.1, -0.05) is 61.9 Å². The van der Waals surface area contributed by atoms with Gasteiger partial charge in [-0.2, -0.15) is 5.10 Å². The average Bonchev–Trinajstić information content (AvgIpc) is 3.45. The van der Waals surface area contributed by atoms with Gasteiger partial charge in [0.05, 0.1) is 23.4 Å². The summed E-state index contributed by atoms with van der Waals surface area (Å²) in [5, 5.41) is 17.4. The van der Waals surface area contributed by atoms with E-state index in [4.69, 9.17) is 9.47 Å². The fraction of sp³-hybridized carbons (Fsp3) is 0.371. The number of rotatable bonds is 8. The van der Waals surface area contributed by atoms with E-state index in [2.05, 4.69) is 58.5 Å². The number of aromatic nitrogens is 3. The molecule has 0 saturated heterocycles. The number of H-pyrrole nitrogens is 1. The fourth-order valence-corrected chi connectivity index (χ4v) is 6.61. The molecule has 0 spiro atoms. The van der Waals surface area contributed by atoms with Gasteiger partial charge in [0.25, 0.3) is 0 Å². The minimum absolute atomic E-state index is 0.403. The Labute approximate surface area is 246 Å². The number of carboxylic acid groups (broad SMARTS) is 1. The first-order chi connectivity index (χ1) is 20.5. The van der Waals surface area contributed by atoms with E-state index in [1.165, 1.54) is 5.69 Å². The summed E-state index contributed by atoms with van der Waals surface area (Å²) in [6, 6.07) is 18.6. The maximum Gasteiger partial charge on any atom is 0.352 e. The summed E-state index contributed by atoms with van der Waals surface area (Å²) in [6.45, 7) is 6.64. The van der Waals surface area contributed by atoms with Crippen molar-refractivity contribution in [3.63, 3.8) is 0 Å². The topological polar surface area (TPSA) is 80.4 Å². The van der Waals surface area contributed by atoms with Gasteiger partial charge >= 0.3 is 5.97 Å². The highest BCUT2D eigenvalue weighted by atomic mass is 16.5. The third kappa shape index (κ3) is 5.07. The van der Waals surface area contributed by atoms with Gasteiger partial charge < -0.3 is 19.1 Å². The van der Waals surface area contributed by atoms with Crippen molar-refractivity contribution in [1.29, 1.82) is 0 Å². The van der Waals surface area contributed by atoms with Crippen molar-refractivity contribution in [3.8, 4) is 16.9 Å². The highest BCUT2D eigenvalue weighted by molar-refractivity contribution is 6.05. The quantitative estimate of drug-likeness (QED) is 0.158. The number of nitrogens with zero attached hydrogens (tertiary/aromatic N) is 2. The number of aromatic amines is 1. The number of carbonyl (C=O) groups is 1. The summed E-state index contributed by atoms with van der Waals surface area (Å²) < 4.78 is 16.5. The van der Waals surface area contributed by atoms with Crippen molar-refractivity contribution >= 4 is 27.6 Å². The molecule has 218 valence electrons. The second kappa shape index (κ2) is 12.0. The van der Waals surface area contributed by atoms with Crippen LogP contribution in [0.5, 0.6) is 5.75 Å². The van der Waals surface area contributed by atoms with Gasteiger partial charge in [0, 0.05) is 29.5 Å². The Bertz CT molecular complexity index is 1760. The SMILES string of the molecule is CCCc1[nH][n+](C)c2c1-c1c(C)ccc3c(CCCOc4cccc5ccccc45)c(C(=O)O)n(c13)CCCCOC2. The Hall–Kier alpha value is -4.10. The molecule has 1 aliphatic heterocycles. The first-order valence-electron chi connectivity index (χ1n) is 15.2. The molecule has 0 bridgehead atoms. The zero-order chi connectivity index (χ0) is 29.2. The van der Waals surface area contributed by atoms with E-state index >= 15 is 0 Å². The molecule has 6 rings (SSSR count). The number of ether oxygens (including phenoxy) is 2. The van der Waals surface area contributed by atoms with Crippen molar-refractivity contribution < 1.29 is 24.1 Å². The molecule has 2 aromatic heterocycles. The first kappa shape index (κ1) is 28.0. The molecular weight excluding hydrogens is 526 g/mol. The third-order valence-corrected chi connectivity index (χ3v) is 8.53. The van der Waals surface area contributed by atoms with Crippen molar-refractivity contribution in [2.24, 2.45) is 7.05 Å². The molecule has 7 heteroatoms. The molecule has 3 aromatic carbocycles. The van der Waals surface area contributed by atoms with Gasteiger partial charge in [-0.25, -0.2) is 4.79 Å². The van der Waals surface area contributed by atoms with Crippen molar-refractivity contribution in [2.45, 2.75) is 65.5 Å². The molecule has 7 nitrogen and oxygen atoms in total. The first-order valence-corrected chi connectivity index (χ1v) is 15.2. The molecule has 5 aromatic rings. The lowest BCUT2D eigenvalue weighted by Gasteiger charge is -2.13. The predicted octanol–water partition coefficient (Wildman–Crippen LogP) is 6.90. The Balaban J connectivity index is 1.44. The number of carboxylic acids is 1. The van der Waals surface area contributed by atoms with E-state index in [1.807, 2.05) is 31.3 Å². The molecule has 0 saturated carbocycles. The van der Waals surface area contributed by atoms with Crippen LogP contribution in [0.1, 0.15) is 65.6 Å². The van der Waals surface area contributed by atoms with Crippen LogP contribution in [0.25, 0.3) is 32.8 Å². The molecule has 0 unspecified atom stereocenters. The van der Waals surface area contributed by atoms with Crippen LogP contribution in [-0.2, 0) is 37.8 Å². The lowest BCUT2D eigenvalue weighted by atomic mass is 9.93. The largest absolute Gasteiger partial charge is 0.493 e. The van der Waals surface area contributed by atoms with Crippen LogP contribution in [0.3, 0.4) is 0 Å². The van der Waals surface area contributed by atoms with Crippen LogP contribution in [0.2, 0.25) is 0 Å². The Morgan fingerprint density at radius 2 is 1.88 bits per heavy atom. The predicted molar refractivity (Wildman–Crippen MR) is 165 cm³/mol. The van der Waals surface area contributed by atoms with E-state index in [9.17, 15) is 9.90 Å². The third-order valence-electron chi connectivity index (χ3n) is 8.53. The molecule has 3 heterocycles. The van der Waals surface area contributed by atoms with Crippen LogP contribution < -0.4 is 9.42 Å². The summed E-state index contributed by atoms with van der Waals surface area (Å²) in [5.41, 5.74) is 8.01. The lowest BCUT2D eigenvalue weighted by molar-refractivity contribution is -0.735. The van der Waals surface area contributed by atoms with E-state index in [-0.39, 0.29) is 0 Å². The number of hydrogen-bond acceptors (Lipinski definition) is 3. The monoisotopic (exact) mass is 566 g/mol. The molecule has 42 heavy (non-hydrogen) atoms. The number of nitrogens with one attached hydrogen (secondary N) is 1. The summed E-state index contributed by atoms with van der Waals surface area (Å²) in [5.74, 6) is -0.0144. The summed E-state index contributed by atoms with van der Waals surface area (Å²) in [6.07, 6.45) is 4.98. The van der Waals surface area contributed by atoms with Crippen LogP contribution in [0.15, 0.2) is 54.6 Å². The van der Waals surface area contributed by atoms with Crippen LogP contribution in [0, 0.1) is 6.92 Å². The second-order valence-electron chi connectivity index (χ2n) is 11.3. The number of benzene rings is 3. The normalized spacial score (nSPS) is 13.7. The zero-order valence-electron chi connectivity index (χ0n) is 24.8. The Kier molecular flexibility index (Phi) is 8.02. The van der Waals surface area contributed by atoms with E-state index < -0.39 is 5.97 Å². The molecule has 1 aliphatic rings. The second-order valence-corrected chi connectivity index (χ2v) is 11.3. The summed E-state index contributed by atoms with van der Waals surface area (Å²) >= 11 is 0. The Morgan fingerprint density at radius 1 is 1.05 bits per heavy atom. The lowest BCUT2D eigenvalue weighted by Crippen LogP contribution is -2.35. The zero-order valence-corrected chi connectivity index (χ0v) is 24.8. The van der Waals surface area contributed by atoms with Gasteiger partial charge in [-0.05, 0) is 61.6 Å². The Morgan fingerprint density at radius 3 is 2.71 bits per heavy atom. The number of aryl methyl sites for hydroxylation is 5. The van der Waals surface area contributed by atoms with E-state index in [0.717, 1.165) is 81.1 Å². The molecule has 0 atom stereocenters. The van der Waals surface area contributed by atoms with Crippen LogP contribution in [0.4, 0.5) is 0 Å². The molecule has 0 amide bonds. The maximum atomic E-state index is 12.9. The standard InChI is InChI=1S/C35H39N3O4/c1-4-11-28-32-29(37(3)36-28)22-41-20-8-7-19-38-33-27(18-17-23(2)31(32)33)26(34(38)35(39)40)15-10-21-42-30-16-9-13-24-12-5-6-14-25(24)30/h5-6,9,12-14,16-18H,4,7-8,10-11,15,19-22H2,1-3H3,(H,39,40)/p+1. The number of aromatic carboxylic acids is 1. The fourth-order valence-electron chi connectivity index (χ4n) is 6.61. The summed E-state index contributed by atoms with van der Waals surface area (Å²) in [7, 11) is 2.04. The minimum atomic E-state index is -0.875. The molecule has 0 radical (unpaired) electrons. The smallest absolute Gasteiger partial charge is 0.352 e. The van der Waals surface area contributed by atoms with E-state index in [0.29, 0.717) is 44.9 Å². The van der Waals surface area contributed by atoms with Gasteiger partial charge in [0.2, 0.25) is 5.69 Å². The molecule has 2 N–H and O–H groups in total. The van der Waals surface area contributed by atoms with Crippen molar-refractivity contribution in [3.05, 3.63) is 82.8 Å². The highest BCUT2D eigenvalue weighted by Gasteiger charge is 2.31. The minimum Gasteiger partial charge on any atom is -0.493 e. The van der Waals surface area contributed by atoms with Gasteiger partial charge in [-0.15, -0.1) is 4.68 Å².